The Morgan fingerprint density at radius 2 is 2.05 bits per heavy atom. The van der Waals surface area contributed by atoms with E-state index in [0.717, 1.165) is 18.8 Å². The smallest absolute Gasteiger partial charge is 0.362 e. The number of esters is 1. The van der Waals surface area contributed by atoms with E-state index in [1.165, 1.54) is 0 Å². The van der Waals surface area contributed by atoms with Gasteiger partial charge in [-0.25, -0.2) is 9.78 Å². The summed E-state index contributed by atoms with van der Waals surface area (Å²) in [6, 6.07) is 9.05. The summed E-state index contributed by atoms with van der Waals surface area (Å²) in [7, 11) is 3.88. The molecule has 0 bridgehead atoms. The molecule has 1 heterocycles. The van der Waals surface area contributed by atoms with Crippen molar-refractivity contribution < 1.29 is 9.53 Å². The molecule has 5 nitrogen and oxygen atoms in total. The lowest BCUT2D eigenvalue weighted by Gasteiger charge is -2.15. The van der Waals surface area contributed by atoms with Gasteiger partial charge in [0.15, 0.2) is 0 Å². The molecule has 1 aromatic carbocycles. The average Bonchev–Trinajstić information content (AvgIpc) is 2.81. The Morgan fingerprint density at radius 1 is 1.33 bits per heavy atom. The fraction of sp³-hybridized carbons (Fsp3) is 0.375. The Kier molecular flexibility index (Phi) is 5.11. The Hall–Kier alpha value is -2.14. The minimum Gasteiger partial charge on any atom is -0.422 e. The SMILES string of the molecule is CCCN(C)Cc1ncc(C(=O)Oc2ccccc2)n1C. The summed E-state index contributed by atoms with van der Waals surface area (Å²) in [6.07, 6.45) is 2.66. The van der Waals surface area contributed by atoms with Crippen LogP contribution in [0.1, 0.15) is 29.7 Å². The second kappa shape index (κ2) is 7.04. The van der Waals surface area contributed by atoms with Crippen molar-refractivity contribution in [3.05, 3.63) is 48.0 Å². The van der Waals surface area contributed by atoms with Crippen LogP contribution in [0.4, 0.5) is 0 Å². The number of nitrogens with zero attached hydrogens (tertiary/aromatic N) is 3. The van der Waals surface area contributed by atoms with Crippen LogP contribution in [0.25, 0.3) is 0 Å². The number of carbonyl (C=O) groups is 1. The molecule has 0 atom stereocenters. The first-order valence-corrected chi connectivity index (χ1v) is 7.08. The maximum atomic E-state index is 12.2. The largest absolute Gasteiger partial charge is 0.422 e. The van der Waals surface area contributed by atoms with Crippen LogP contribution in [0.15, 0.2) is 36.5 Å². The molecule has 0 aliphatic rings. The summed E-state index contributed by atoms with van der Waals surface area (Å²) >= 11 is 0. The predicted octanol–water partition coefficient (Wildman–Crippen LogP) is 2.48. The zero-order chi connectivity index (χ0) is 15.2. The molecule has 0 spiro atoms. The van der Waals surface area contributed by atoms with Crippen LogP contribution in [0.2, 0.25) is 0 Å². The van der Waals surface area contributed by atoms with Crippen molar-refractivity contribution in [1.82, 2.24) is 14.5 Å². The Labute approximate surface area is 125 Å². The first-order chi connectivity index (χ1) is 10.1. The highest BCUT2D eigenvalue weighted by molar-refractivity contribution is 5.89. The molecule has 0 saturated heterocycles. The first-order valence-electron chi connectivity index (χ1n) is 7.08. The van der Waals surface area contributed by atoms with Gasteiger partial charge in [-0.2, -0.15) is 0 Å². The third-order valence-corrected chi connectivity index (χ3v) is 3.26. The highest BCUT2D eigenvalue weighted by Gasteiger charge is 2.16. The lowest BCUT2D eigenvalue weighted by Crippen LogP contribution is -2.21. The van der Waals surface area contributed by atoms with Crippen molar-refractivity contribution in [3.63, 3.8) is 0 Å². The van der Waals surface area contributed by atoms with Crippen LogP contribution in [-0.2, 0) is 13.6 Å². The fourth-order valence-electron chi connectivity index (χ4n) is 2.13. The second-order valence-electron chi connectivity index (χ2n) is 5.06. The average molecular weight is 287 g/mol. The molecule has 2 aromatic rings. The maximum Gasteiger partial charge on any atom is 0.362 e. The van der Waals surface area contributed by atoms with Gasteiger partial charge in [-0.15, -0.1) is 0 Å². The fourth-order valence-corrected chi connectivity index (χ4v) is 2.13. The van der Waals surface area contributed by atoms with E-state index in [2.05, 4.69) is 16.8 Å². The minimum atomic E-state index is -0.388. The Morgan fingerprint density at radius 3 is 2.71 bits per heavy atom. The molecule has 5 heteroatoms. The van der Waals surface area contributed by atoms with E-state index in [1.807, 2.05) is 32.3 Å². The molecule has 0 aliphatic heterocycles. The van der Waals surface area contributed by atoms with E-state index in [9.17, 15) is 4.79 Å². The molecule has 0 amide bonds. The molecule has 112 valence electrons. The van der Waals surface area contributed by atoms with Gasteiger partial charge >= 0.3 is 5.97 Å². The maximum absolute atomic E-state index is 12.2. The van der Waals surface area contributed by atoms with Gasteiger partial charge < -0.3 is 9.30 Å². The number of carbonyl (C=O) groups excluding carboxylic acids is 1. The second-order valence-corrected chi connectivity index (χ2v) is 5.06. The number of hydrogen-bond acceptors (Lipinski definition) is 4. The zero-order valence-corrected chi connectivity index (χ0v) is 12.7. The number of para-hydroxylation sites is 1. The molecule has 0 radical (unpaired) electrons. The third kappa shape index (κ3) is 3.92. The highest BCUT2D eigenvalue weighted by Crippen LogP contribution is 2.13. The van der Waals surface area contributed by atoms with E-state index < -0.39 is 0 Å². The predicted molar refractivity (Wildman–Crippen MR) is 81.2 cm³/mol. The van der Waals surface area contributed by atoms with Gasteiger partial charge in [0.1, 0.15) is 17.3 Å². The molecular weight excluding hydrogens is 266 g/mol. The highest BCUT2D eigenvalue weighted by atomic mass is 16.5. The number of imidazole rings is 1. The van der Waals surface area contributed by atoms with Crippen molar-refractivity contribution in [2.24, 2.45) is 7.05 Å². The molecule has 0 fully saturated rings. The van der Waals surface area contributed by atoms with E-state index in [-0.39, 0.29) is 5.97 Å². The summed E-state index contributed by atoms with van der Waals surface area (Å²) in [5, 5.41) is 0. The molecular formula is C16H21N3O2. The molecule has 2 rings (SSSR count). The van der Waals surface area contributed by atoms with Crippen molar-refractivity contribution in [2.75, 3.05) is 13.6 Å². The van der Waals surface area contributed by atoms with E-state index in [4.69, 9.17) is 4.74 Å². The molecule has 1 aromatic heterocycles. The number of benzene rings is 1. The molecule has 21 heavy (non-hydrogen) atoms. The van der Waals surface area contributed by atoms with Gasteiger partial charge in [-0.1, -0.05) is 25.1 Å². The van der Waals surface area contributed by atoms with Crippen LogP contribution < -0.4 is 4.74 Å². The lowest BCUT2D eigenvalue weighted by atomic mass is 10.3. The van der Waals surface area contributed by atoms with Crippen LogP contribution in [-0.4, -0.2) is 34.0 Å². The number of hydrogen-bond donors (Lipinski definition) is 0. The molecule has 0 aliphatic carbocycles. The van der Waals surface area contributed by atoms with E-state index >= 15 is 0 Å². The molecule has 0 N–H and O–H groups in total. The van der Waals surface area contributed by atoms with Gasteiger partial charge in [-0.05, 0) is 32.1 Å². The number of rotatable bonds is 6. The van der Waals surface area contributed by atoms with Gasteiger partial charge in [-0.3, -0.25) is 4.90 Å². The van der Waals surface area contributed by atoms with Gasteiger partial charge in [0, 0.05) is 7.05 Å². The first kappa shape index (κ1) is 15.3. The van der Waals surface area contributed by atoms with E-state index in [0.29, 0.717) is 18.0 Å². The van der Waals surface area contributed by atoms with Crippen LogP contribution >= 0.6 is 0 Å². The van der Waals surface area contributed by atoms with Crippen LogP contribution in [0.3, 0.4) is 0 Å². The van der Waals surface area contributed by atoms with Crippen molar-refractivity contribution in [1.29, 1.82) is 0 Å². The number of ether oxygens (including phenoxy) is 1. The Balaban J connectivity index is 2.07. The summed E-state index contributed by atoms with van der Waals surface area (Å²) in [6.45, 7) is 3.84. The van der Waals surface area contributed by atoms with Crippen LogP contribution in [0, 0.1) is 0 Å². The molecule has 0 unspecified atom stereocenters. The van der Waals surface area contributed by atoms with Crippen molar-refractivity contribution in [2.45, 2.75) is 19.9 Å². The van der Waals surface area contributed by atoms with Crippen LogP contribution in [0.5, 0.6) is 5.75 Å². The van der Waals surface area contributed by atoms with Gasteiger partial charge in [0.2, 0.25) is 0 Å². The van der Waals surface area contributed by atoms with Crippen molar-refractivity contribution in [3.8, 4) is 5.75 Å². The Bertz CT molecular complexity index is 593. The number of aromatic nitrogens is 2. The quantitative estimate of drug-likeness (QED) is 0.605. The summed E-state index contributed by atoms with van der Waals surface area (Å²) in [5.41, 5.74) is 0.457. The zero-order valence-electron chi connectivity index (χ0n) is 12.7. The summed E-state index contributed by atoms with van der Waals surface area (Å²) in [5.74, 6) is 1.000. The topological polar surface area (TPSA) is 47.4 Å². The monoisotopic (exact) mass is 287 g/mol. The molecule has 0 saturated carbocycles. The lowest BCUT2D eigenvalue weighted by molar-refractivity contribution is 0.0724. The minimum absolute atomic E-state index is 0.388. The van der Waals surface area contributed by atoms with Gasteiger partial charge in [0.25, 0.3) is 0 Å². The summed E-state index contributed by atoms with van der Waals surface area (Å²) < 4.78 is 7.12. The normalized spacial score (nSPS) is 10.9. The van der Waals surface area contributed by atoms with E-state index in [1.54, 1.807) is 22.9 Å². The van der Waals surface area contributed by atoms with Crippen molar-refractivity contribution >= 4 is 5.97 Å². The standard InChI is InChI=1S/C16H21N3O2/c1-4-10-18(2)12-15-17-11-14(19(15)3)16(20)21-13-8-6-5-7-9-13/h5-9,11H,4,10,12H2,1-3H3. The third-order valence-electron chi connectivity index (χ3n) is 3.26. The van der Waals surface area contributed by atoms with Gasteiger partial charge in [0.05, 0.1) is 12.7 Å². The summed E-state index contributed by atoms with van der Waals surface area (Å²) in [4.78, 5) is 18.7.